The van der Waals surface area contributed by atoms with Crippen LogP contribution in [-0.4, -0.2) is 19.7 Å². The molecule has 2 aromatic rings. The smallest absolute Gasteiger partial charge is 0.121 e. The summed E-state index contributed by atoms with van der Waals surface area (Å²) in [5.74, 6) is 0.940. The van der Waals surface area contributed by atoms with Crippen molar-refractivity contribution in [2.45, 2.75) is 26.3 Å². The molecule has 0 heterocycles. The molecule has 2 N–H and O–H groups in total. The minimum absolute atomic E-state index is 0.790. The van der Waals surface area contributed by atoms with Crippen LogP contribution in [0, 0.1) is 0 Å². The Morgan fingerprint density at radius 2 is 1.82 bits per heavy atom. The quantitative estimate of drug-likeness (QED) is 0.649. The Hall–Kier alpha value is -2.00. The topological polar surface area (TPSA) is 33.3 Å². The SMILES string of the molecule is CCCCOc1cccc(NCCNCc2ccccc2)c1. The van der Waals surface area contributed by atoms with Crippen LogP contribution in [0.1, 0.15) is 25.3 Å². The number of anilines is 1. The van der Waals surface area contributed by atoms with Gasteiger partial charge in [-0.2, -0.15) is 0 Å². The zero-order valence-electron chi connectivity index (χ0n) is 13.3. The zero-order valence-corrected chi connectivity index (χ0v) is 13.3. The van der Waals surface area contributed by atoms with E-state index in [1.165, 1.54) is 5.56 Å². The molecule has 2 aromatic carbocycles. The summed E-state index contributed by atoms with van der Waals surface area (Å²) >= 11 is 0. The average molecular weight is 298 g/mol. The molecule has 0 bridgehead atoms. The molecule has 0 atom stereocenters. The highest BCUT2D eigenvalue weighted by atomic mass is 16.5. The fourth-order valence-electron chi connectivity index (χ4n) is 2.15. The van der Waals surface area contributed by atoms with Gasteiger partial charge in [0.1, 0.15) is 5.75 Å². The van der Waals surface area contributed by atoms with Gasteiger partial charge in [-0.1, -0.05) is 49.7 Å². The summed E-state index contributed by atoms with van der Waals surface area (Å²) in [6, 6.07) is 18.6. The van der Waals surface area contributed by atoms with E-state index >= 15 is 0 Å². The Kier molecular flexibility index (Phi) is 7.33. The third-order valence-corrected chi connectivity index (χ3v) is 3.40. The van der Waals surface area contributed by atoms with Gasteiger partial charge in [0, 0.05) is 31.4 Å². The maximum atomic E-state index is 5.72. The van der Waals surface area contributed by atoms with Crippen molar-refractivity contribution in [2.75, 3.05) is 25.0 Å². The van der Waals surface area contributed by atoms with Crippen LogP contribution < -0.4 is 15.4 Å². The van der Waals surface area contributed by atoms with Crippen LogP contribution in [0.3, 0.4) is 0 Å². The van der Waals surface area contributed by atoms with E-state index in [1.54, 1.807) is 0 Å². The third-order valence-electron chi connectivity index (χ3n) is 3.40. The molecule has 0 saturated heterocycles. The fourth-order valence-corrected chi connectivity index (χ4v) is 2.15. The highest BCUT2D eigenvalue weighted by Crippen LogP contribution is 2.17. The molecule has 0 aromatic heterocycles. The predicted octanol–water partition coefficient (Wildman–Crippen LogP) is 4.07. The molecule has 0 aliphatic carbocycles. The minimum Gasteiger partial charge on any atom is -0.494 e. The number of hydrogen-bond donors (Lipinski definition) is 2. The maximum absolute atomic E-state index is 5.72. The van der Waals surface area contributed by atoms with Crippen LogP contribution in [0.5, 0.6) is 5.75 Å². The molecule has 0 radical (unpaired) electrons. The van der Waals surface area contributed by atoms with Gasteiger partial charge in [0.25, 0.3) is 0 Å². The molecule has 0 aliphatic rings. The molecule has 2 rings (SSSR count). The normalized spacial score (nSPS) is 10.4. The van der Waals surface area contributed by atoms with Gasteiger partial charge in [0.15, 0.2) is 0 Å². The second-order valence-electron chi connectivity index (χ2n) is 5.32. The number of nitrogens with one attached hydrogen (secondary N) is 2. The Labute approximate surface area is 133 Å². The van der Waals surface area contributed by atoms with Crippen LogP contribution in [0.4, 0.5) is 5.69 Å². The Morgan fingerprint density at radius 3 is 2.64 bits per heavy atom. The van der Waals surface area contributed by atoms with Crippen molar-refractivity contribution < 1.29 is 4.74 Å². The maximum Gasteiger partial charge on any atom is 0.121 e. The van der Waals surface area contributed by atoms with Gasteiger partial charge in [-0.25, -0.2) is 0 Å². The van der Waals surface area contributed by atoms with Crippen molar-refractivity contribution >= 4 is 5.69 Å². The highest BCUT2D eigenvalue weighted by Gasteiger charge is 1.97. The van der Waals surface area contributed by atoms with Crippen LogP contribution in [0.15, 0.2) is 54.6 Å². The van der Waals surface area contributed by atoms with E-state index in [2.05, 4.69) is 54.0 Å². The van der Waals surface area contributed by atoms with Crippen LogP contribution in [0.2, 0.25) is 0 Å². The first-order chi connectivity index (χ1) is 10.9. The van der Waals surface area contributed by atoms with Crippen molar-refractivity contribution in [3.05, 3.63) is 60.2 Å². The first-order valence-corrected chi connectivity index (χ1v) is 8.10. The number of benzene rings is 2. The summed E-state index contributed by atoms with van der Waals surface area (Å²) in [6.45, 7) is 5.69. The standard InChI is InChI=1S/C19H26N2O/c1-2-3-14-22-19-11-7-10-18(15-19)21-13-12-20-16-17-8-5-4-6-9-17/h4-11,15,20-21H,2-3,12-14,16H2,1H3. The van der Waals surface area contributed by atoms with Crippen LogP contribution >= 0.6 is 0 Å². The lowest BCUT2D eigenvalue weighted by Gasteiger charge is -2.10. The molecule has 118 valence electrons. The van der Waals surface area contributed by atoms with Gasteiger partial charge in [-0.05, 0) is 24.1 Å². The lowest BCUT2D eigenvalue weighted by atomic mass is 10.2. The Bertz CT molecular complexity index is 528. The lowest BCUT2D eigenvalue weighted by Crippen LogP contribution is -2.21. The average Bonchev–Trinajstić information content (AvgIpc) is 2.56. The van der Waals surface area contributed by atoms with E-state index in [1.807, 2.05) is 18.2 Å². The van der Waals surface area contributed by atoms with Gasteiger partial charge in [-0.15, -0.1) is 0 Å². The molecular formula is C19H26N2O. The first kappa shape index (κ1) is 16.4. The zero-order chi connectivity index (χ0) is 15.5. The van der Waals surface area contributed by atoms with Gasteiger partial charge in [-0.3, -0.25) is 0 Å². The monoisotopic (exact) mass is 298 g/mol. The summed E-state index contributed by atoms with van der Waals surface area (Å²) in [7, 11) is 0. The largest absolute Gasteiger partial charge is 0.494 e. The molecule has 22 heavy (non-hydrogen) atoms. The van der Waals surface area contributed by atoms with Crippen LogP contribution in [-0.2, 0) is 6.54 Å². The minimum atomic E-state index is 0.790. The van der Waals surface area contributed by atoms with Crippen molar-refractivity contribution in [1.29, 1.82) is 0 Å². The highest BCUT2D eigenvalue weighted by molar-refractivity contribution is 5.48. The molecule has 0 spiro atoms. The molecular weight excluding hydrogens is 272 g/mol. The van der Waals surface area contributed by atoms with Gasteiger partial charge in [0.05, 0.1) is 6.61 Å². The van der Waals surface area contributed by atoms with Crippen LogP contribution in [0.25, 0.3) is 0 Å². The second-order valence-corrected chi connectivity index (χ2v) is 5.32. The summed E-state index contributed by atoms with van der Waals surface area (Å²) in [5.41, 5.74) is 2.42. The van der Waals surface area contributed by atoms with E-state index in [-0.39, 0.29) is 0 Å². The fraction of sp³-hybridized carbons (Fsp3) is 0.368. The summed E-state index contributed by atoms with van der Waals surface area (Å²) < 4.78 is 5.72. The van der Waals surface area contributed by atoms with Crippen molar-refractivity contribution in [3.8, 4) is 5.75 Å². The lowest BCUT2D eigenvalue weighted by molar-refractivity contribution is 0.309. The van der Waals surface area contributed by atoms with E-state index in [0.717, 1.165) is 50.5 Å². The number of unbranched alkanes of at least 4 members (excludes halogenated alkanes) is 1. The molecule has 3 nitrogen and oxygen atoms in total. The number of ether oxygens (including phenoxy) is 1. The molecule has 3 heteroatoms. The third kappa shape index (κ3) is 6.19. The van der Waals surface area contributed by atoms with Crippen molar-refractivity contribution in [3.63, 3.8) is 0 Å². The summed E-state index contributed by atoms with van der Waals surface area (Å²) in [6.07, 6.45) is 2.26. The number of rotatable bonds is 10. The molecule has 0 aliphatic heterocycles. The number of hydrogen-bond acceptors (Lipinski definition) is 3. The summed E-state index contributed by atoms with van der Waals surface area (Å²) in [5, 5.41) is 6.85. The first-order valence-electron chi connectivity index (χ1n) is 8.10. The van der Waals surface area contributed by atoms with Crippen molar-refractivity contribution in [2.24, 2.45) is 0 Å². The predicted molar refractivity (Wildman–Crippen MR) is 93.5 cm³/mol. The van der Waals surface area contributed by atoms with E-state index < -0.39 is 0 Å². The van der Waals surface area contributed by atoms with E-state index in [0.29, 0.717) is 0 Å². The molecule has 0 saturated carbocycles. The van der Waals surface area contributed by atoms with Crippen molar-refractivity contribution in [1.82, 2.24) is 5.32 Å². The molecule has 0 unspecified atom stereocenters. The van der Waals surface area contributed by atoms with E-state index in [4.69, 9.17) is 4.74 Å². The summed E-state index contributed by atoms with van der Waals surface area (Å²) in [4.78, 5) is 0. The second kappa shape index (κ2) is 9.85. The van der Waals surface area contributed by atoms with Gasteiger partial charge in [0.2, 0.25) is 0 Å². The van der Waals surface area contributed by atoms with Gasteiger partial charge >= 0.3 is 0 Å². The Balaban J connectivity index is 1.65. The Morgan fingerprint density at radius 1 is 0.955 bits per heavy atom. The molecule has 0 fully saturated rings. The van der Waals surface area contributed by atoms with Gasteiger partial charge < -0.3 is 15.4 Å². The molecule has 0 amide bonds. The van der Waals surface area contributed by atoms with E-state index in [9.17, 15) is 0 Å².